The molecule has 230 valence electrons. The molecule has 3 nitrogen and oxygen atoms in total. The summed E-state index contributed by atoms with van der Waals surface area (Å²) in [6.45, 7) is 0. The lowest BCUT2D eigenvalue weighted by atomic mass is 10.0. The Bertz CT molecular complexity index is 2810. The van der Waals surface area contributed by atoms with Crippen molar-refractivity contribution >= 4 is 81.3 Å². The Hall–Kier alpha value is -6.23. The lowest BCUT2D eigenvalue weighted by molar-refractivity contribution is 0.669. The van der Waals surface area contributed by atoms with Gasteiger partial charge in [0.1, 0.15) is 11.2 Å². The van der Waals surface area contributed by atoms with E-state index in [1.807, 2.05) is 35.9 Å². The molecule has 0 aliphatic rings. The van der Waals surface area contributed by atoms with Gasteiger partial charge in [-0.05, 0) is 94.4 Å². The van der Waals surface area contributed by atoms with Crippen LogP contribution >= 0.6 is 11.3 Å². The molecule has 0 saturated heterocycles. The number of nitrogens with zero attached hydrogens (tertiary/aromatic N) is 2. The summed E-state index contributed by atoms with van der Waals surface area (Å²) >= 11 is 1.86. The van der Waals surface area contributed by atoms with Gasteiger partial charge in [0.2, 0.25) is 0 Å². The Kier molecular flexibility index (Phi) is 6.36. The summed E-state index contributed by atoms with van der Waals surface area (Å²) in [6, 6.07) is 56.4. The summed E-state index contributed by atoms with van der Waals surface area (Å²) in [5.74, 6) is 0. The maximum Gasteiger partial charge on any atom is 0.135 e. The summed E-state index contributed by atoms with van der Waals surface area (Å²) in [7, 11) is 0. The molecule has 3 heterocycles. The van der Waals surface area contributed by atoms with E-state index in [0.717, 1.165) is 39.0 Å². The van der Waals surface area contributed by atoms with Gasteiger partial charge >= 0.3 is 0 Å². The van der Waals surface area contributed by atoms with Crippen LogP contribution in [0.1, 0.15) is 0 Å². The quantitative estimate of drug-likeness (QED) is 0.187. The van der Waals surface area contributed by atoms with Crippen molar-refractivity contribution in [2.45, 2.75) is 0 Å². The Balaban J connectivity index is 1.09. The molecular weight excluding hydrogens is 617 g/mol. The number of benzene rings is 7. The van der Waals surface area contributed by atoms with Crippen LogP contribution in [0.4, 0.5) is 17.1 Å². The number of aromatic nitrogens is 1. The van der Waals surface area contributed by atoms with Gasteiger partial charge in [-0.1, -0.05) is 91.0 Å². The summed E-state index contributed by atoms with van der Waals surface area (Å²) in [4.78, 5) is 6.68. The van der Waals surface area contributed by atoms with Crippen LogP contribution in [-0.2, 0) is 0 Å². The van der Waals surface area contributed by atoms with Crippen molar-refractivity contribution in [3.05, 3.63) is 170 Å². The highest BCUT2D eigenvalue weighted by Gasteiger charge is 2.17. The van der Waals surface area contributed by atoms with Gasteiger partial charge in [0.25, 0.3) is 0 Å². The van der Waals surface area contributed by atoms with Crippen molar-refractivity contribution in [1.82, 2.24) is 4.98 Å². The van der Waals surface area contributed by atoms with Crippen molar-refractivity contribution in [3.8, 4) is 22.3 Å². The third-order valence-electron chi connectivity index (χ3n) is 9.54. The van der Waals surface area contributed by atoms with Crippen molar-refractivity contribution in [1.29, 1.82) is 0 Å². The van der Waals surface area contributed by atoms with E-state index < -0.39 is 0 Å². The van der Waals surface area contributed by atoms with Crippen LogP contribution in [0.15, 0.2) is 175 Å². The molecule has 0 unspecified atom stereocenters. The van der Waals surface area contributed by atoms with Crippen LogP contribution in [-0.4, -0.2) is 4.98 Å². The molecule has 0 spiro atoms. The average Bonchev–Trinajstić information content (AvgIpc) is 3.72. The van der Waals surface area contributed by atoms with E-state index in [0.29, 0.717) is 0 Å². The first-order valence-electron chi connectivity index (χ1n) is 16.4. The fourth-order valence-electron chi connectivity index (χ4n) is 7.13. The molecular formula is C45H28N2OS. The van der Waals surface area contributed by atoms with Crippen molar-refractivity contribution in [2.75, 3.05) is 4.90 Å². The van der Waals surface area contributed by atoms with Gasteiger partial charge < -0.3 is 9.32 Å². The molecule has 0 aliphatic carbocycles. The zero-order valence-corrected chi connectivity index (χ0v) is 27.2. The van der Waals surface area contributed by atoms with Crippen molar-refractivity contribution < 1.29 is 4.42 Å². The normalized spacial score (nSPS) is 11.7. The Morgan fingerprint density at radius 3 is 2.00 bits per heavy atom. The topological polar surface area (TPSA) is 29.3 Å². The van der Waals surface area contributed by atoms with Crippen LogP contribution in [0.5, 0.6) is 0 Å². The number of rotatable bonds is 5. The number of para-hydroxylation sites is 1. The zero-order chi connectivity index (χ0) is 32.3. The minimum atomic E-state index is 0.889. The first kappa shape index (κ1) is 27.8. The summed E-state index contributed by atoms with van der Waals surface area (Å²) in [6.07, 6.45) is 3.82. The second-order valence-corrected chi connectivity index (χ2v) is 13.5. The molecule has 0 N–H and O–H groups in total. The number of anilines is 3. The highest BCUT2D eigenvalue weighted by Crippen LogP contribution is 2.43. The Labute approximate surface area is 286 Å². The van der Waals surface area contributed by atoms with Gasteiger partial charge in [0.05, 0.1) is 0 Å². The van der Waals surface area contributed by atoms with E-state index in [-0.39, 0.29) is 0 Å². The number of thiophene rings is 1. The van der Waals surface area contributed by atoms with Gasteiger partial charge in [-0.3, -0.25) is 4.98 Å². The van der Waals surface area contributed by atoms with Crippen molar-refractivity contribution in [2.24, 2.45) is 0 Å². The van der Waals surface area contributed by atoms with E-state index in [9.17, 15) is 0 Å². The number of hydrogen-bond acceptors (Lipinski definition) is 4. The highest BCUT2D eigenvalue weighted by molar-refractivity contribution is 7.26. The fourth-order valence-corrected chi connectivity index (χ4v) is 8.40. The molecule has 0 saturated carbocycles. The van der Waals surface area contributed by atoms with Gasteiger partial charge in [-0.2, -0.15) is 0 Å². The second kappa shape index (κ2) is 11.2. The molecule has 7 aromatic carbocycles. The maximum absolute atomic E-state index is 6.19. The van der Waals surface area contributed by atoms with Gasteiger partial charge in [0, 0.05) is 65.8 Å². The first-order valence-corrected chi connectivity index (χ1v) is 17.2. The SMILES string of the molecule is c1ccc(-c2ccc(N(c3ccc(-c4cccc5c4sc4cc6cnccc6cc45)cc3)c3ccc4oc5ccccc5c4c3)cc2)cc1. The van der Waals surface area contributed by atoms with Crippen LogP contribution < -0.4 is 4.90 Å². The highest BCUT2D eigenvalue weighted by atomic mass is 32.1. The monoisotopic (exact) mass is 644 g/mol. The number of furan rings is 1. The molecule has 0 amide bonds. The second-order valence-electron chi connectivity index (χ2n) is 12.4. The molecule has 10 rings (SSSR count). The maximum atomic E-state index is 6.19. The summed E-state index contributed by atoms with van der Waals surface area (Å²) in [5.41, 5.74) is 9.89. The predicted molar refractivity (Wildman–Crippen MR) is 207 cm³/mol. The summed E-state index contributed by atoms with van der Waals surface area (Å²) in [5, 5.41) is 7.21. The average molecular weight is 645 g/mol. The molecule has 4 heteroatoms. The van der Waals surface area contributed by atoms with E-state index in [1.54, 1.807) is 0 Å². The van der Waals surface area contributed by atoms with Gasteiger partial charge in [-0.25, -0.2) is 0 Å². The lowest BCUT2D eigenvalue weighted by Crippen LogP contribution is -2.09. The number of pyridine rings is 1. The molecule has 3 aromatic heterocycles. The van der Waals surface area contributed by atoms with E-state index in [4.69, 9.17) is 4.42 Å². The molecule has 49 heavy (non-hydrogen) atoms. The third kappa shape index (κ3) is 4.68. The number of fused-ring (bicyclic) bond motifs is 7. The van der Waals surface area contributed by atoms with Crippen LogP contribution in [0.2, 0.25) is 0 Å². The molecule has 0 bridgehead atoms. The van der Waals surface area contributed by atoms with Crippen LogP contribution in [0.25, 0.3) is 75.1 Å². The smallest absolute Gasteiger partial charge is 0.135 e. The van der Waals surface area contributed by atoms with Crippen molar-refractivity contribution in [3.63, 3.8) is 0 Å². The van der Waals surface area contributed by atoms with Gasteiger partial charge in [-0.15, -0.1) is 11.3 Å². The summed E-state index contributed by atoms with van der Waals surface area (Å²) < 4.78 is 8.78. The van der Waals surface area contributed by atoms with Gasteiger partial charge in [0.15, 0.2) is 0 Å². The predicted octanol–water partition coefficient (Wildman–Crippen LogP) is 13.3. The minimum absolute atomic E-state index is 0.889. The molecule has 0 atom stereocenters. The molecule has 0 radical (unpaired) electrons. The fraction of sp³-hybridized carbons (Fsp3) is 0. The standard InChI is InChI=1S/C45H28N2OS/c1-2-7-29(8-3-1)30-13-17-34(18-14-30)47(36-21-22-43-40(27-36)38-9-4-5-12-42(38)48-43)35-19-15-31(16-20-35)37-10-6-11-39-41-25-32-23-24-46-28-33(32)26-44(41)49-45(37)39/h1-28H. The third-order valence-corrected chi connectivity index (χ3v) is 10.7. The van der Waals surface area contributed by atoms with E-state index in [1.165, 1.54) is 53.2 Å². The first-order chi connectivity index (χ1) is 24.3. The molecule has 10 aromatic rings. The zero-order valence-electron chi connectivity index (χ0n) is 26.4. The number of hydrogen-bond donors (Lipinski definition) is 0. The molecule has 0 aliphatic heterocycles. The minimum Gasteiger partial charge on any atom is -0.456 e. The Morgan fingerprint density at radius 2 is 1.16 bits per heavy atom. The van der Waals surface area contributed by atoms with Crippen LogP contribution in [0.3, 0.4) is 0 Å². The van der Waals surface area contributed by atoms with Crippen LogP contribution in [0, 0.1) is 0 Å². The lowest BCUT2D eigenvalue weighted by Gasteiger charge is -2.26. The largest absolute Gasteiger partial charge is 0.456 e. The van der Waals surface area contributed by atoms with E-state index >= 15 is 0 Å². The molecule has 0 fully saturated rings. The van der Waals surface area contributed by atoms with E-state index in [2.05, 4.69) is 155 Å². The Morgan fingerprint density at radius 1 is 0.469 bits per heavy atom.